The first kappa shape index (κ1) is 35.9. The zero-order chi connectivity index (χ0) is 37.3. The minimum Gasteiger partial charge on any atom is -0.508 e. The van der Waals surface area contributed by atoms with Crippen molar-refractivity contribution < 1.29 is 25.2 Å². The van der Waals surface area contributed by atoms with E-state index in [0.29, 0.717) is 34.3 Å². The van der Waals surface area contributed by atoms with Gasteiger partial charge in [0.2, 0.25) is 5.88 Å². The quantitative estimate of drug-likeness (QED) is 0.104. The summed E-state index contributed by atoms with van der Waals surface area (Å²) < 4.78 is 6.13. The van der Waals surface area contributed by atoms with Crippen molar-refractivity contribution in [3.8, 4) is 51.4 Å². The Morgan fingerprint density at radius 3 is 1.60 bits per heavy atom. The van der Waals surface area contributed by atoms with E-state index < -0.39 is 0 Å². The van der Waals surface area contributed by atoms with Gasteiger partial charge in [0.15, 0.2) is 0 Å². The van der Waals surface area contributed by atoms with E-state index in [1.165, 1.54) is 0 Å². The van der Waals surface area contributed by atoms with Crippen molar-refractivity contribution in [3.63, 3.8) is 0 Å². The fourth-order valence-electron chi connectivity index (χ4n) is 7.79. The number of benzene rings is 4. The molecular formula is C42H46N6O5. The van der Waals surface area contributed by atoms with E-state index in [2.05, 4.69) is 58.7 Å². The number of nitrogens with one attached hydrogen (secondary N) is 2. The highest BCUT2D eigenvalue weighted by molar-refractivity contribution is 5.91. The molecule has 0 unspecified atom stereocenters. The first-order valence-corrected chi connectivity index (χ1v) is 18.1. The average molecular weight is 715 g/mol. The number of phenolic OH excluding ortho intramolecular Hbond substituents is 4. The molecule has 6 aromatic rings. The van der Waals surface area contributed by atoms with E-state index >= 15 is 0 Å². The van der Waals surface area contributed by atoms with Crippen LogP contribution in [0.15, 0.2) is 84.9 Å². The molecule has 8 rings (SSSR count). The number of phenols is 4. The zero-order valence-electron chi connectivity index (χ0n) is 30.5. The van der Waals surface area contributed by atoms with Crippen LogP contribution in [0.3, 0.4) is 0 Å². The van der Waals surface area contributed by atoms with Gasteiger partial charge < -0.3 is 35.8 Å². The zero-order valence-corrected chi connectivity index (χ0v) is 30.5. The Hall–Kier alpha value is -5.52. The second-order valence-electron chi connectivity index (χ2n) is 15.5. The molecule has 0 amide bonds. The molecule has 0 spiro atoms. The minimum atomic E-state index is -0.00882. The summed E-state index contributed by atoms with van der Waals surface area (Å²) in [6.07, 6.45) is 4.00. The summed E-state index contributed by atoms with van der Waals surface area (Å²) in [5.41, 5.74) is 3.46. The standard InChI is InChI=1S/C23H27N3O3.C19H19N3O2/c1-22(2)12-17(13-23(3,4)26-22)29-21-8-7-19(24-25-21)18-10-14-5-6-16(27)9-15(14)11-20(18)28;23-15-2-1-13-10-16(19(24)11-14(13)9-15)18-4-3-17(21-22-18)12-5-7-20-8-6-12/h5-11,17,26-28H,12-13H2,1-4H3;1-4,9-12,20,23-24H,5-8H2. The maximum atomic E-state index is 10.4. The normalized spacial score (nSPS) is 17.3. The lowest BCUT2D eigenvalue weighted by Crippen LogP contribution is -2.60. The highest BCUT2D eigenvalue weighted by Crippen LogP contribution is 2.36. The summed E-state index contributed by atoms with van der Waals surface area (Å²) >= 11 is 0. The molecule has 2 aromatic heterocycles. The number of ether oxygens (including phenoxy) is 1. The van der Waals surface area contributed by atoms with Crippen molar-refractivity contribution in [2.24, 2.45) is 0 Å². The van der Waals surface area contributed by atoms with Crippen LogP contribution in [0.4, 0.5) is 0 Å². The van der Waals surface area contributed by atoms with Gasteiger partial charge in [-0.2, -0.15) is 10.2 Å². The molecule has 0 radical (unpaired) electrons. The van der Waals surface area contributed by atoms with Gasteiger partial charge in [-0.3, -0.25) is 0 Å². The monoisotopic (exact) mass is 714 g/mol. The van der Waals surface area contributed by atoms with Crippen molar-refractivity contribution >= 4 is 21.5 Å². The molecule has 0 aliphatic carbocycles. The summed E-state index contributed by atoms with van der Waals surface area (Å²) in [4.78, 5) is 0. The fourth-order valence-corrected chi connectivity index (χ4v) is 7.79. The average Bonchev–Trinajstić information content (AvgIpc) is 3.11. The summed E-state index contributed by atoms with van der Waals surface area (Å²) in [6.45, 7) is 10.8. The van der Waals surface area contributed by atoms with Crippen molar-refractivity contribution in [2.45, 2.75) is 76.5 Å². The Labute approximate surface area is 308 Å². The Balaban J connectivity index is 0.000000167. The molecule has 0 saturated carbocycles. The van der Waals surface area contributed by atoms with Crippen LogP contribution in [0.25, 0.3) is 44.1 Å². The van der Waals surface area contributed by atoms with Crippen molar-refractivity contribution in [2.75, 3.05) is 13.1 Å². The maximum absolute atomic E-state index is 10.4. The third kappa shape index (κ3) is 8.42. The topological polar surface area (TPSA) is 166 Å². The number of hydrogen-bond acceptors (Lipinski definition) is 11. The molecule has 11 nitrogen and oxygen atoms in total. The van der Waals surface area contributed by atoms with E-state index in [9.17, 15) is 20.4 Å². The molecule has 11 heteroatoms. The van der Waals surface area contributed by atoms with E-state index in [1.54, 1.807) is 54.6 Å². The number of nitrogens with zero attached hydrogens (tertiary/aromatic N) is 4. The van der Waals surface area contributed by atoms with Crippen LogP contribution in [0.1, 0.15) is 65.0 Å². The number of fused-ring (bicyclic) bond motifs is 2. The number of hydrogen-bond donors (Lipinski definition) is 6. The Morgan fingerprint density at radius 1 is 0.585 bits per heavy atom. The molecule has 4 aromatic carbocycles. The lowest BCUT2D eigenvalue weighted by Gasteiger charge is -2.46. The predicted molar refractivity (Wildman–Crippen MR) is 206 cm³/mol. The first-order valence-electron chi connectivity index (χ1n) is 18.1. The van der Waals surface area contributed by atoms with Gasteiger partial charge >= 0.3 is 0 Å². The summed E-state index contributed by atoms with van der Waals surface area (Å²) in [7, 11) is 0. The lowest BCUT2D eigenvalue weighted by atomic mass is 9.81. The van der Waals surface area contributed by atoms with Crippen molar-refractivity contribution in [1.82, 2.24) is 31.0 Å². The third-order valence-electron chi connectivity index (χ3n) is 9.95. The molecule has 2 fully saturated rings. The van der Waals surface area contributed by atoms with E-state index in [1.807, 2.05) is 30.3 Å². The molecular weight excluding hydrogens is 668 g/mol. The Bertz CT molecular complexity index is 2220. The largest absolute Gasteiger partial charge is 0.508 e. The van der Waals surface area contributed by atoms with Gasteiger partial charge in [-0.1, -0.05) is 12.1 Å². The van der Waals surface area contributed by atoms with Gasteiger partial charge in [0.1, 0.15) is 29.1 Å². The van der Waals surface area contributed by atoms with Crippen LogP contribution in [0.2, 0.25) is 0 Å². The maximum Gasteiger partial charge on any atom is 0.233 e. The second-order valence-corrected chi connectivity index (χ2v) is 15.5. The molecule has 2 aliphatic heterocycles. The number of aromatic hydroxyl groups is 4. The van der Waals surface area contributed by atoms with Crippen LogP contribution in [-0.4, -0.2) is 71.1 Å². The number of aromatic nitrogens is 4. The first-order chi connectivity index (χ1) is 25.3. The van der Waals surface area contributed by atoms with Gasteiger partial charge in [0.25, 0.3) is 0 Å². The van der Waals surface area contributed by atoms with Gasteiger partial charge in [-0.05, 0) is 142 Å². The van der Waals surface area contributed by atoms with E-state index in [4.69, 9.17) is 4.74 Å². The molecule has 0 bridgehead atoms. The number of rotatable bonds is 5. The van der Waals surface area contributed by atoms with Crippen molar-refractivity contribution in [3.05, 3.63) is 90.6 Å². The second kappa shape index (κ2) is 14.5. The summed E-state index contributed by atoms with van der Waals surface area (Å²) in [5, 5.41) is 67.5. The Morgan fingerprint density at radius 2 is 1.11 bits per heavy atom. The highest BCUT2D eigenvalue weighted by Gasteiger charge is 2.39. The molecule has 4 heterocycles. The summed E-state index contributed by atoms with van der Waals surface area (Å²) in [6, 6.07) is 24.6. The van der Waals surface area contributed by atoms with Crippen LogP contribution in [0.5, 0.6) is 28.9 Å². The van der Waals surface area contributed by atoms with E-state index in [-0.39, 0.29) is 40.2 Å². The van der Waals surface area contributed by atoms with Gasteiger partial charge in [-0.15, -0.1) is 10.2 Å². The molecule has 6 N–H and O–H groups in total. The van der Waals surface area contributed by atoms with Crippen LogP contribution in [0, 0.1) is 0 Å². The van der Waals surface area contributed by atoms with Crippen LogP contribution < -0.4 is 15.4 Å². The molecule has 274 valence electrons. The predicted octanol–water partition coefficient (Wildman–Crippen LogP) is 7.57. The third-order valence-corrected chi connectivity index (χ3v) is 9.95. The fraction of sp³-hybridized carbons (Fsp3) is 0.333. The molecule has 2 aliphatic rings. The summed E-state index contributed by atoms with van der Waals surface area (Å²) in [5.74, 6) is 1.51. The van der Waals surface area contributed by atoms with Gasteiger partial charge in [0, 0.05) is 47.0 Å². The minimum absolute atomic E-state index is 0.00882. The lowest BCUT2D eigenvalue weighted by molar-refractivity contribution is 0.0524. The van der Waals surface area contributed by atoms with Crippen molar-refractivity contribution in [1.29, 1.82) is 0 Å². The molecule has 53 heavy (non-hydrogen) atoms. The number of piperidine rings is 2. The van der Waals surface area contributed by atoms with Gasteiger partial charge in [0.05, 0.1) is 17.1 Å². The molecule has 0 atom stereocenters. The van der Waals surface area contributed by atoms with Crippen LogP contribution in [-0.2, 0) is 0 Å². The highest BCUT2D eigenvalue weighted by atomic mass is 16.5. The Kier molecular flexibility index (Phi) is 9.80. The van der Waals surface area contributed by atoms with E-state index in [0.717, 1.165) is 66.0 Å². The SMILES string of the molecule is CC1(C)CC(Oc2ccc(-c3cc4ccc(O)cc4cc3O)nn2)CC(C)(C)N1.Oc1ccc2cc(-c3ccc(C4CCNCC4)nn3)c(O)cc2c1. The smallest absolute Gasteiger partial charge is 0.233 e. The van der Waals surface area contributed by atoms with Gasteiger partial charge in [-0.25, -0.2) is 0 Å². The van der Waals surface area contributed by atoms with Crippen LogP contribution >= 0.6 is 0 Å². The molecule has 2 saturated heterocycles.